The fourth-order valence-corrected chi connectivity index (χ4v) is 2.96. The fraction of sp³-hybridized carbons (Fsp3) is 0.167. The molecule has 3 rings (SSSR count). The minimum absolute atomic E-state index is 0.421. The highest BCUT2D eigenvalue weighted by Gasteiger charge is 2.15. The van der Waals surface area contributed by atoms with Crippen LogP contribution in [-0.4, -0.2) is 25.3 Å². The van der Waals surface area contributed by atoms with Crippen molar-refractivity contribution in [3.8, 4) is 17.0 Å². The van der Waals surface area contributed by atoms with Crippen LogP contribution in [-0.2, 0) is 4.74 Å². The molecule has 124 valence electrons. The molecule has 24 heavy (non-hydrogen) atoms. The molecule has 0 aliphatic rings. The minimum Gasteiger partial charge on any atom is -0.490 e. The molecule has 0 spiro atoms. The molecule has 0 amide bonds. The highest BCUT2D eigenvalue weighted by molar-refractivity contribution is 9.10. The summed E-state index contributed by atoms with van der Waals surface area (Å²) in [4.78, 5) is 4.74. The molecular formula is C18H18BrN3O2. The topological polar surface area (TPSA) is 83.4 Å². The lowest BCUT2D eigenvalue weighted by atomic mass is 10.0. The summed E-state index contributed by atoms with van der Waals surface area (Å²) in [6.45, 7) is 0.907. The van der Waals surface area contributed by atoms with Crippen LogP contribution >= 0.6 is 15.9 Å². The molecule has 1 heterocycles. The van der Waals surface area contributed by atoms with Gasteiger partial charge in [0.05, 0.1) is 34.8 Å². The number of nitrogens with two attached hydrogens (primary N) is 2. The van der Waals surface area contributed by atoms with E-state index in [9.17, 15) is 0 Å². The summed E-state index contributed by atoms with van der Waals surface area (Å²) in [5, 5.41) is 1.04. The Kier molecular flexibility index (Phi) is 4.87. The van der Waals surface area contributed by atoms with Gasteiger partial charge in [-0.3, -0.25) is 0 Å². The second-order valence-corrected chi connectivity index (χ2v) is 6.15. The number of rotatable bonds is 5. The monoisotopic (exact) mass is 387 g/mol. The van der Waals surface area contributed by atoms with Gasteiger partial charge in [0.1, 0.15) is 12.4 Å². The summed E-state index contributed by atoms with van der Waals surface area (Å²) in [5.41, 5.74) is 15.4. The average molecular weight is 388 g/mol. The lowest BCUT2D eigenvalue weighted by molar-refractivity contribution is 0.146. The maximum Gasteiger partial charge on any atom is 0.131 e. The van der Waals surface area contributed by atoms with E-state index in [1.54, 1.807) is 13.2 Å². The Morgan fingerprint density at radius 2 is 1.88 bits per heavy atom. The number of fused-ring (bicyclic) bond motifs is 1. The summed E-state index contributed by atoms with van der Waals surface area (Å²) in [7, 11) is 1.63. The average Bonchev–Trinajstić information content (AvgIpc) is 2.59. The number of anilines is 2. The molecule has 0 fully saturated rings. The number of benzene rings is 2. The van der Waals surface area contributed by atoms with Crippen LogP contribution in [0.5, 0.6) is 5.75 Å². The third-order valence-corrected chi connectivity index (χ3v) is 4.35. The molecule has 2 aromatic carbocycles. The number of para-hydroxylation sites is 1. The van der Waals surface area contributed by atoms with Crippen LogP contribution in [0.4, 0.5) is 11.4 Å². The van der Waals surface area contributed by atoms with Gasteiger partial charge in [-0.25, -0.2) is 4.98 Å². The maximum absolute atomic E-state index is 6.21. The van der Waals surface area contributed by atoms with Crippen LogP contribution in [0.1, 0.15) is 0 Å². The molecule has 1 aromatic heterocycles. The Morgan fingerprint density at radius 1 is 1.04 bits per heavy atom. The molecule has 0 aliphatic heterocycles. The molecule has 0 atom stereocenters. The van der Waals surface area contributed by atoms with Gasteiger partial charge in [0.25, 0.3) is 0 Å². The predicted octanol–water partition coefficient (Wildman–Crippen LogP) is 3.85. The standard InChI is InChI=1S/C18H18BrN3O2/c1-23-9-10-24-15-8-6-13(20)17(21)16(15)14-7-5-11-3-2-4-12(19)18(11)22-14/h2-8H,9-10,20-21H2,1H3. The second kappa shape index (κ2) is 7.07. The third-order valence-electron chi connectivity index (χ3n) is 3.71. The number of hydrogen-bond donors (Lipinski definition) is 2. The number of hydrogen-bond acceptors (Lipinski definition) is 5. The van der Waals surface area contributed by atoms with Gasteiger partial charge in [-0.1, -0.05) is 18.2 Å². The molecule has 4 N–H and O–H groups in total. The summed E-state index contributed by atoms with van der Waals surface area (Å²) < 4.78 is 11.8. The van der Waals surface area contributed by atoms with Crippen molar-refractivity contribution in [1.29, 1.82) is 0 Å². The Labute approximate surface area is 148 Å². The third kappa shape index (κ3) is 3.16. The zero-order chi connectivity index (χ0) is 17.1. The van der Waals surface area contributed by atoms with Crippen LogP contribution in [0.2, 0.25) is 0 Å². The zero-order valence-corrected chi connectivity index (χ0v) is 14.8. The number of nitrogen functional groups attached to an aromatic ring is 2. The highest BCUT2D eigenvalue weighted by Crippen LogP contribution is 2.39. The van der Waals surface area contributed by atoms with Crippen molar-refractivity contribution in [3.63, 3.8) is 0 Å². The second-order valence-electron chi connectivity index (χ2n) is 5.29. The van der Waals surface area contributed by atoms with Crippen molar-refractivity contribution in [2.24, 2.45) is 0 Å². The molecule has 3 aromatic rings. The van der Waals surface area contributed by atoms with Crippen LogP contribution in [0.3, 0.4) is 0 Å². The number of nitrogens with zero attached hydrogens (tertiary/aromatic N) is 1. The van der Waals surface area contributed by atoms with E-state index in [4.69, 9.17) is 25.9 Å². The van der Waals surface area contributed by atoms with E-state index in [1.807, 2.05) is 36.4 Å². The van der Waals surface area contributed by atoms with Gasteiger partial charge in [-0.05, 0) is 40.2 Å². The number of ether oxygens (including phenoxy) is 2. The van der Waals surface area contributed by atoms with E-state index < -0.39 is 0 Å². The van der Waals surface area contributed by atoms with Crippen molar-refractivity contribution in [2.75, 3.05) is 31.8 Å². The fourth-order valence-electron chi connectivity index (χ4n) is 2.49. The summed E-state index contributed by atoms with van der Waals surface area (Å²) in [6, 6.07) is 13.4. The van der Waals surface area contributed by atoms with E-state index in [0.717, 1.165) is 15.4 Å². The van der Waals surface area contributed by atoms with E-state index in [2.05, 4.69) is 15.9 Å². The Balaban J connectivity index is 2.13. The van der Waals surface area contributed by atoms with Gasteiger partial charge in [0.15, 0.2) is 0 Å². The SMILES string of the molecule is COCCOc1ccc(N)c(N)c1-c1ccc2cccc(Br)c2n1. The molecule has 0 radical (unpaired) electrons. The first kappa shape index (κ1) is 16.5. The van der Waals surface area contributed by atoms with Gasteiger partial charge < -0.3 is 20.9 Å². The Morgan fingerprint density at radius 3 is 2.67 bits per heavy atom. The van der Waals surface area contributed by atoms with Gasteiger partial charge in [0.2, 0.25) is 0 Å². The van der Waals surface area contributed by atoms with Crippen molar-refractivity contribution < 1.29 is 9.47 Å². The van der Waals surface area contributed by atoms with Crippen LogP contribution in [0.15, 0.2) is 46.9 Å². The molecule has 0 aliphatic carbocycles. The summed E-state index contributed by atoms with van der Waals surface area (Å²) in [5.74, 6) is 0.637. The van der Waals surface area contributed by atoms with E-state index >= 15 is 0 Å². The summed E-state index contributed by atoms with van der Waals surface area (Å²) >= 11 is 3.54. The van der Waals surface area contributed by atoms with Gasteiger partial charge in [0, 0.05) is 17.0 Å². The lowest BCUT2D eigenvalue weighted by Crippen LogP contribution is -2.07. The highest BCUT2D eigenvalue weighted by atomic mass is 79.9. The predicted molar refractivity (Wildman–Crippen MR) is 101 cm³/mol. The first-order valence-corrected chi connectivity index (χ1v) is 8.26. The minimum atomic E-state index is 0.421. The summed E-state index contributed by atoms with van der Waals surface area (Å²) in [6.07, 6.45) is 0. The number of aromatic nitrogens is 1. The van der Waals surface area contributed by atoms with E-state index in [1.165, 1.54) is 0 Å². The van der Waals surface area contributed by atoms with Gasteiger partial charge >= 0.3 is 0 Å². The lowest BCUT2D eigenvalue weighted by Gasteiger charge is -2.15. The van der Waals surface area contributed by atoms with Crippen LogP contribution in [0, 0.1) is 0 Å². The molecule has 6 heteroatoms. The molecule has 5 nitrogen and oxygen atoms in total. The van der Waals surface area contributed by atoms with E-state index in [0.29, 0.717) is 41.6 Å². The normalized spacial score (nSPS) is 10.9. The zero-order valence-electron chi connectivity index (χ0n) is 13.3. The first-order valence-electron chi connectivity index (χ1n) is 7.47. The largest absolute Gasteiger partial charge is 0.490 e. The van der Waals surface area contributed by atoms with Crippen molar-refractivity contribution >= 4 is 38.2 Å². The van der Waals surface area contributed by atoms with E-state index in [-0.39, 0.29) is 0 Å². The van der Waals surface area contributed by atoms with Crippen LogP contribution < -0.4 is 16.2 Å². The van der Waals surface area contributed by atoms with Crippen molar-refractivity contribution in [1.82, 2.24) is 4.98 Å². The molecule has 0 unspecified atom stereocenters. The molecule has 0 saturated carbocycles. The molecule has 0 saturated heterocycles. The van der Waals surface area contributed by atoms with Crippen molar-refractivity contribution in [2.45, 2.75) is 0 Å². The first-order chi connectivity index (χ1) is 11.6. The number of halogens is 1. The quantitative estimate of drug-likeness (QED) is 0.512. The maximum atomic E-state index is 6.21. The molecular weight excluding hydrogens is 370 g/mol. The Hall–Kier alpha value is -2.31. The molecule has 0 bridgehead atoms. The smallest absolute Gasteiger partial charge is 0.131 e. The van der Waals surface area contributed by atoms with Crippen molar-refractivity contribution in [3.05, 3.63) is 46.9 Å². The number of methoxy groups -OCH3 is 1. The van der Waals surface area contributed by atoms with Crippen LogP contribution in [0.25, 0.3) is 22.2 Å². The van der Waals surface area contributed by atoms with Gasteiger partial charge in [-0.15, -0.1) is 0 Å². The van der Waals surface area contributed by atoms with Gasteiger partial charge in [-0.2, -0.15) is 0 Å². The number of pyridine rings is 1. The Bertz CT molecular complexity index is 884.